The number of carbonyl (C=O) groups excluding carboxylic acids is 4. The minimum absolute atomic E-state index is 0.0529. The van der Waals surface area contributed by atoms with Crippen LogP contribution in [0.4, 0.5) is 11.4 Å². The molecule has 6 aliphatic heterocycles. The van der Waals surface area contributed by atoms with Crippen molar-refractivity contribution in [1.82, 2.24) is 29.5 Å². The first-order valence-electron chi connectivity index (χ1n) is 17.2. The van der Waals surface area contributed by atoms with E-state index in [-0.39, 0.29) is 50.1 Å². The molecule has 0 saturated carbocycles. The lowest BCUT2D eigenvalue weighted by Gasteiger charge is -2.33. The number of anilines is 2. The molecule has 4 amide bonds. The maximum absolute atomic E-state index is 13.9. The molecule has 0 aliphatic carbocycles. The molecule has 8 N–H and O–H groups in total. The predicted molar refractivity (Wildman–Crippen MR) is 201 cm³/mol. The maximum atomic E-state index is 13.9. The molecule has 3 aromatic carbocycles. The molecule has 0 radical (unpaired) electrons. The molecule has 1 fully saturated rings. The molecule has 2 atom stereocenters. The summed E-state index contributed by atoms with van der Waals surface area (Å²) in [5.41, 5.74) is 9.22. The van der Waals surface area contributed by atoms with Gasteiger partial charge in [0.15, 0.2) is 0 Å². The number of nitrogen functional groups attached to an aromatic ring is 1. The van der Waals surface area contributed by atoms with E-state index in [4.69, 9.17) is 11.1 Å². The van der Waals surface area contributed by atoms with E-state index < -0.39 is 34.1 Å². The van der Waals surface area contributed by atoms with E-state index in [0.717, 1.165) is 9.87 Å². The van der Waals surface area contributed by atoms with E-state index >= 15 is 0 Å². The third-order valence-electron chi connectivity index (χ3n) is 9.01. The number of carbonyl (C=O) groups is 4. The van der Waals surface area contributed by atoms with Gasteiger partial charge in [0.25, 0.3) is 10.2 Å². The van der Waals surface area contributed by atoms with E-state index in [1.54, 1.807) is 72.8 Å². The lowest BCUT2D eigenvalue weighted by atomic mass is 10.0. The minimum atomic E-state index is -4.08. The first-order valence-corrected chi connectivity index (χ1v) is 18.6. The van der Waals surface area contributed by atoms with Crippen molar-refractivity contribution in [3.8, 4) is 0 Å². The van der Waals surface area contributed by atoms with Crippen molar-refractivity contribution in [1.29, 1.82) is 5.41 Å². The number of nitrogens with two attached hydrogens (primary N) is 1. The topological polar surface area (TPSA) is 222 Å². The van der Waals surface area contributed by atoms with Crippen molar-refractivity contribution in [2.75, 3.05) is 64.0 Å². The van der Waals surface area contributed by atoms with Crippen LogP contribution in [0.1, 0.15) is 22.3 Å². The molecule has 0 spiro atoms. The molecular formula is C36H46N10O6S. The van der Waals surface area contributed by atoms with Gasteiger partial charge in [0.1, 0.15) is 17.9 Å². The monoisotopic (exact) mass is 746 g/mol. The number of hydrogen-bond donors (Lipinski definition) is 7. The van der Waals surface area contributed by atoms with Crippen LogP contribution in [0.3, 0.4) is 0 Å². The molecular weight excluding hydrogens is 701 g/mol. The number of piperazine rings is 1. The zero-order valence-electron chi connectivity index (χ0n) is 29.7. The number of amidine groups is 1. The van der Waals surface area contributed by atoms with Gasteiger partial charge >= 0.3 is 0 Å². The van der Waals surface area contributed by atoms with Crippen LogP contribution >= 0.6 is 0 Å². The van der Waals surface area contributed by atoms with Gasteiger partial charge in [0, 0.05) is 70.2 Å². The Balaban J connectivity index is 1.42. The molecule has 16 nitrogen and oxygen atoms in total. The van der Waals surface area contributed by atoms with Crippen LogP contribution in [0, 0.1) is 5.41 Å². The Labute approximate surface area is 309 Å². The Morgan fingerprint density at radius 2 is 1.30 bits per heavy atom. The Kier molecular flexibility index (Phi) is 12.9. The van der Waals surface area contributed by atoms with Crippen molar-refractivity contribution in [2.45, 2.75) is 31.5 Å². The molecule has 1 saturated heterocycles. The number of nitrogens with zero attached hydrogens (tertiary/aromatic N) is 3. The summed E-state index contributed by atoms with van der Waals surface area (Å²) in [6, 6.07) is 18.1. The Morgan fingerprint density at radius 3 is 1.77 bits per heavy atom. The molecule has 6 bridgehead atoms. The van der Waals surface area contributed by atoms with E-state index in [0.29, 0.717) is 54.2 Å². The van der Waals surface area contributed by atoms with Gasteiger partial charge in [-0.05, 0) is 47.4 Å². The average molecular weight is 747 g/mol. The second kappa shape index (κ2) is 17.5. The van der Waals surface area contributed by atoms with Gasteiger partial charge in [-0.1, -0.05) is 48.5 Å². The second-order valence-electron chi connectivity index (χ2n) is 13.3. The molecule has 0 aromatic heterocycles. The van der Waals surface area contributed by atoms with Crippen molar-refractivity contribution in [2.24, 2.45) is 5.73 Å². The zero-order valence-corrected chi connectivity index (χ0v) is 30.5. The van der Waals surface area contributed by atoms with Crippen LogP contribution in [0.25, 0.3) is 0 Å². The summed E-state index contributed by atoms with van der Waals surface area (Å²) < 4.78 is 29.3. The van der Waals surface area contributed by atoms with Crippen LogP contribution < -0.4 is 31.7 Å². The summed E-state index contributed by atoms with van der Waals surface area (Å²) in [7, 11) is -1.41. The lowest BCUT2D eigenvalue weighted by Crippen LogP contribution is -2.56. The first-order chi connectivity index (χ1) is 25.2. The van der Waals surface area contributed by atoms with Crippen molar-refractivity contribution >= 4 is 51.0 Å². The van der Waals surface area contributed by atoms with Crippen LogP contribution in [0.15, 0.2) is 72.8 Å². The van der Waals surface area contributed by atoms with Crippen LogP contribution in [-0.4, -0.2) is 117 Å². The Hall–Kier alpha value is -5.20. The fraction of sp³-hybridized carbons (Fsp3) is 0.361. The molecule has 282 valence electrons. The molecule has 53 heavy (non-hydrogen) atoms. The second-order valence-corrected chi connectivity index (χ2v) is 15.2. The fourth-order valence-electron chi connectivity index (χ4n) is 5.90. The summed E-state index contributed by atoms with van der Waals surface area (Å²) >= 11 is 0. The number of amides is 4. The third-order valence-corrected chi connectivity index (χ3v) is 10.6. The van der Waals surface area contributed by atoms with Crippen molar-refractivity contribution in [3.05, 3.63) is 95.1 Å². The van der Waals surface area contributed by atoms with Gasteiger partial charge in [-0.25, -0.2) is 0 Å². The Bertz CT molecular complexity index is 1900. The van der Waals surface area contributed by atoms with E-state index in [1.807, 2.05) is 9.80 Å². The smallest absolute Gasteiger partial charge is 0.279 e. The average Bonchev–Trinajstić information content (AvgIpc) is 3.12. The van der Waals surface area contributed by atoms with E-state index in [2.05, 4.69) is 26.0 Å². The van der Waals surface area contributed by atoms with E-state index in [1.165, 1.54) is 14.1 Å². The summed E-state index contributed by atoms with van der Waals surface area (Å²) in [6.45, 7) is 3.01. The standard InChI is InChI=1S/C36H46N10O6S/c1-44(2)53(51,52)43-31-20-25-7-13-29(14-8-25)41-33(48)23-46-17-15-45(16-18-46)22-32(47)40-28-11-5-24(6-12-28)19-30(42-36(31)50)35(49)39-21-26-3-9-27(10-4-26)34(37)38/h3-14,30-31,43H,15-23H2,1-2H3,(H3,37,38)(H,39,49)(H,40,47)(H,41,48)(H,42,50)/t30-,31?/m0/s1. The predicted octanol–water partition coefficient (Wildman–Crippen LogP) is -0.170. The molecule has 6 heterocycles. The van der Waals surface area contributed by atoms with Crippen LogP contribution in [0.2, 0.25) is 0 Å². The highest BCUT2D eigenvalue weighted by Crippen LogP contribution is 2.16. The molecule has 6 aliphatic rings. The van der Waals surface area contributed by atoms with Gasteiger partial charge in [0.05, 0.1) is 13.1 Å². The summed E-state index contributed by atoms with van der Waals surface area (Å²) in [5.74, 6) is -1.71. The zero-order chi connectivity index (χ0) is 38.1. The summed E-state index contributed by atoms with van der Waals surface area (Å²) in [4.78, 5) is 57.4. The molecule has 9 rings (SSSR count). The normalized spacial score (nSPS) is 21.7. The quantitative estimate of drug-likeness (QED) is 0.126. The van der Waals surface area contributed by atoms with Crippen molar-refractivity contribution < 1.29 is 27.6 Å². The number of nitrogens with one attached hydrogen (secondary N) is 6. The van der Waals surface area contributed by atoms with Crippen LogP contribution in [0.5, 0.6) is 0 Å². The summed E-state index contributed by atoms with van der Waals surface area (Å²) in [5, 5.41) is 19.0. The number of hydrogen-bond acceptors (Lipinski definition) is 9. The number of rotatable bonds is 7. The van der Waals surface area contributed by atoms with Gasteiger partial charge in [-0.15, -0.1) is 0 Å². The molecule has 3 aromatic rings. The van der Waals surface area contributed by atoms with E-state index in [9.17, 15) is 27.6 Å². The van der Waals surface area contributed by atoms with Crippen molar-refractivity contribution in [3.63, 3.8) is 0 Å². The fourth-order valence-corrected chi connectivity index (χ4v) is 6.66. The largest absolute Gasteiger partial charge is 0.384 e. The highest BCUT2D eigenvalue weighted by Gasteiger charge is 2.30. The SMILES string of the molecule is CN(C)S(=O)(=O)NC1Cc2ccc(cc2)NC(=O)CN2CCN(CC2)CC(=O)Nc2ccc(cc2)C[C@@H](C(=O)NCc2ccc(C(=N)N)cc2)NC1=O. The first kappa shape index (κ1) is 39.0. The lowest BCUT2D eigenvalue weighted by molar-refractivity contribution is -0.129. The van der Waals surface area contributed by atoms with Gasteiger partial charge in [0.2, 0.25) is 23.6 Å². The highest BCUT2D eigenvalue weighted by molar-refractivity contribution is 7.87. The summed E-state index contributed by atoms with van der Waals surface area (Å²) in [6.07, 6.45) is 0.00351. The minimum Gasteiger partial charge on any atom is -0.384 e. The Morgan fingerprint density at radius 1 is 0.811 bits per heavy atom. The molecule has 17 heteroatoms. The maximum Gasteiger partial charge on any atom is 0.279 e. The van der Waals surface area contributed by atoms with Gasteiger partial charge < -0.3 is 27.0 Å². The van der Waals surface area contributed by atoms with Gasteiger partial charge in [-0.2, -0.15) is 17.4 Å². The number of fused-ring (bicyclic) bond motifs is 1. The highest BCUT2D eigenvalue weighted by atomic mass is 32.2. The number of benzene rings is 3. The molecule has 1 unspecified atom stereocenters. The third kappa shape index (κ3) is 11.4. The van der Waals surface area contributed by atoms with Gasteiger partial charge in [-0.3, -0.25) is 34.4 Å². The van der Waals surface area contributed by atoms with Crippen LogP contribution in [-0.2, 0) is 48.8 Å².